The molecule has 1 aliphatic carbocycles. The van der Waals surface area contributed by atoms with E-state index in [0.717, 1.165) is 12.2 Å². The van der Waals surface area contributed by atoms with Crippen molar-refractivity contribution in [2.75, 3.05) is 0 Å². The second-order valence-corrected chi connectivity index (χ2v) is 17.2. The average molecular weight is 313 g/mol. The Labute approximate surface area is 127 Å². The zero-order chi connectivity index (χ0) is 15.8. The third kappa shape index (κ3) is 5.58. The van der Waals surface area contributed by atoms with Crippen molar-refractivity contribution < 1.29 is 8.85 Å². The fraction of sp³-hybridized carbons (Fsp3) is 0.750. The van der Waals surface area contributed by atoms with Gasteiger partial charge in [0.25, 0.3) is 0 Å². The van der Waals surface area contributed by atoms with Crippen LogP contribution in [0.3, 0.4) is 0 Å². The summed E-state index contributed by atoms with van der Waals surface area (Å²) in [5.74, 6) is 1.47. The molecule has 1 atom stereocenters. The normalized spacial score (nSPS) is 21.4. The van der Waals surface area contributed by atoms with Crippen molar-refractivity contribution in [3.8, 4) is 0 Å². The topological polar surface area (TPSA) is 18.5 Å². The highest BCUT2D eigenvalue weighted by atomic mass is 28.4. The molecule has 0 spiro atoms. The molecule has 1 aliphatic rings. The minimum atomic E-state index is -1.56. The van der Waals surface area contributed by atoms with Gasteiger partial charge in [0.2, 0.25) is 8.32 Å². The fourth-order valence-corrected chi connectivity index (χ4v) is 5.20. The van der Waals surface area contributed by atoms with Crippen molar-refractivity contribution >= 4 is 16.6 Å². The third-order valence-corrected chi connectivity index (χ3v) is 5.27. The molecule has 20 heavy (non-hydrogen) atoms. The molecule has 0 unspecified atom stereocenters. The largest absolute Gasteiger partial charge is 0.544 e. The summed E-state index contributed by atoms with van der Waals surface area (Å²) in [7, 11) is -3.11. The summed E-state index contributed by atoms with van der Waals surface area (Å²) >= 11 is 0. The van der Waals surface area contributed by atoms with Crippen molar-refractivity contribution in [1.82, 2.24) is 0 Å². The first kappa shape index (κ1) is 17.7. The summed E-state index contributed by atoms with van der Waals surface area (Å²) in [5.41, 5.74) is 1.14. The van der Waals surface area contributed by atoms with Crippen molar-refractivity contribution in [1.29, 1.82) is 0 Å². The Bertz CT molecular complexity index is 409. The summed E-state index contributed by atoms with van der Waals surface area (Å²) in [6, 6.07) is 0. The van der Waals surface area contributed by atoms with Gasteiger partial charge in [-0.2, -0.15) is 0 Å². The predicted molar refractivity (Wildman–Crippen MR) is 92.9 cm³/mol. The Morgan fingerprint density at radius 3 is 2.05 bits per heavy atom. The lowest BCUT2D eigenvalue weighted by atomic mass is 9.84. The van der Waals surface area contributed by atoms with Crippen LogP contribution in [0.2, 0.25) is 39.3 Å². The van der Waals surface area contributed by atoms with E-state index in [9.17, 15) is 0 Å². The molecule has 0 bridgehead atoms. The van der Waals surface area contributed by atoms with Gasteiger partial charge in [-0.1, -0.05) is 6.08 Å². The van der Waals surface area contributed by atoms with Gasteiger partial charge in [-0.05, 0) is 78.1 Å². The van der Waals surface area contributed by atoms with E-state index in [4.69, 9.17) is 8.85 Å². The summed E-state index contributed by atoms with van der Waals surface area (Å²) in [4.78, 5) is 0. The molecule has 0 aromatic heterocycles. The predicted octanol–water partition coefficient (Wildman–Crippen LogP) is 5.32. The van der Waals surface area contributed by atoms with E-state index in [1.165, 1.54) is 5.57 Å². The van der Waals surface area contributed by atoms with Crippen LogP contribution in [0.4, 0.5) is 0 Å². The molecular weight excluding hydrogens is 280 g/mol. The maximum atomic E-state index is 6.40. The Morgan fingerprint density at radius 1 is 1.05 bits per heavy atom. The fourth-order valence-electron chi connectivity index (χ4n) is 2.58. The standard InChI is InChI=1S/C16H32O2Si2/c1-13-10-11-14(12-15(13)17-19(4,5)6)16(2,3)18-20(7,8)9/h10,12,14H,11H2,1-9H3/t14-/m1/s1. The smallest absolute Gasteiger partial charge is 0.242 e. The zero-order valence-electron chi connectivity index (χ0n) is 14.8. The minimum absolute atomic E-state index is 0.129. The molecule has 0 aromatic rings. The van der Waals surface area contributed by atoms with E-state index in [1.807, 2.05) is 0 Å². The summed E-state index contributed by atoms with van der Waals surface area (Å²) in [5, 5.41) is 0. The first-order valence-electron chi connectivity index (χ1n) is 7.58. The molecule has 4 heteroatoms. The van der Waals surface area contributed by atoms with Gasteiger partial charge in [0.1, 0.15) is 5.76 Å². The van der Waals surface area contributed by atoms with E-state index in [-0.39, 0.29) is 5.60 Å². The Kier molecular flexibility index (Phi) is 5.15. The van der Waals surface area contributed by atoms with Crippen molar-refractivity contribution in [2.45, 2.75) is 72.1 Å². The monoisotopic (exact) mass is 312 g/mol. The average Bonchev–Trinajstić information content (AvgIpc) is 2.15. The van der Waals surface area contributed by atoms with E-state index < -0.39 is 16.6 Å². The molecular formula is C16H32O2Si2. The molecule has 1 rings (SSSR count). The second-order valence-electron chi connectivity index (χ2n) is 8.29. The lowest BCUT2D eigenvalue weighted by molar-refractivity contribution is 0.0555. The molecule has 0 radical (unpaired) electrons. The highest BCUT2D eigenvalue weighted by Gasteiger charge is 2.35. The van der Waals surface area contributed by atoms with Crippen LogP contribution in [-0.2, 0) is 8.85 Å². The van der Waals surface area contributed by atoms with Crippen LogP contribution in [0.25, 0.3) is 0 Å². The van der Waals surface area contributed by atoms with Crippen LogP contribution in [0, 0.1) is 5.92 Å². The molecule has 0 saturated heterocycles. The van der Waals surface area contributed by atoms with Crippen LogP contribution in [-0.4, -0.2) is 22.2 Å². The van der Waals surface area contributed by atoms with Gasteiger partial charge >= 0.3 is 0 Å². The molecule has 0 heterocycles. The Morgan fingerprint density at radius 2 is 1.60 bits per heavy atom. The van der Waals surface area contributed by atoms with E-state index >= 15 is 0 Å². The minimum Gasteiger partial charge on any atom is -0.544 e. The molecule has 0 saturated carbocycles. The van der Waals surface area contributed by atoms with Gasteiger partial charge < -0.3 is 8.85 Å². The van der Waals surface area contributed by atoms with Gasteiger partial charge in [0.15, 0.2) is 8.32 Å². The second kappa shape index (κ2) is 5.81. The number of hydrogen-bond acceptors (Lipinski definition) is 2. The number of rotatable bonds is 5. The molecule has 0 aliphatic heterocycles. The Hall–Kier alpha value is -0.326. The van der Waals surface area contributed by atoms with Gasteiger partial charge in [-0.15, -0.1) is 0 Å². The summed E-state index contributed by atoms with van der Waals surface area (Å²) < 4.78 is 12.6. The van der Waals surface area contributed by atoms with Crippen LogP contribution in [0.1, 0.15) is 27.2 Å². The van der Waals surface area contributed by atoms with Crippen molar-refractivity contribution in [3.05, 3.63) is 23.5 Å². The molecule has 116 valence electrons. The van der Waals surface area contributed by atoms with Gasteiger partial charge in [0, 0.05) is 5.92 Å². The van der Waals surface area contributed by atoms with Crippen LogP contribution >= 0.6 is 0 Å². The van der Waals surface area contributed by atoms with Crippen molar-refractivity contribution in [2.24, 2.45) is 5.92 Å². The molecule has 0 fully saturated rings. The Balaban J connectivity index is 2.93. The van der Waals surface area contributed by atoms with Gasteiger partial charge in [0.05, 0.1) is 5.60 Å². The highest BCUT2D eigenvalue weighted by Crippen LogP contribution is 2.35. The van der Waals surface area contributed by atoms with Crippen LogP contribution in [0.15, 0.2) is 23.5 Å². The quantitative estimate of drug-likeness (QED) is 0.640. The maximum absolute atomic E-state index is 6.40. The van der Waals surface area contributed by atoms with Crippen LogP contribution < -0.4 is 0 Å². The molecule has 0 N–H and O–H groups in total. The molecule has 0 aromatic carbocycles. The first-order valence-corrected chi connectivity index (χ1v) is 14.4. The van der Waals surface area contributed by atoms with Crippen molar-refractivity contribution in [3.63, 3.8) is 0 Å². The molecule has 0 amide bonds. The zero-order valence-corrected chi connectivity index (χ0v) is 16.8. The number of hydrogen-bond donors (Lipinski definition) is 0. The summed E-state index contributed by atoms with van der Waals surface area (Å²) in [6.07, 6.45) is 5.64. The SMILES string of the molecule is CC1=CC[C@@H](C(C)(C)O[Si](C)(C)C)C=C1O[Si](C)(C)C. The molecule has 2 nitrogen and oxygen atoms in total. The maximum Gasteiger partial charge on any atom is 0.242 e. The van der Waals surface area contributed by atoms with E-state index in [0.29, 0.717) is 5.92 Å². The lowest BCUT2D eigenvalue weighted by Gasteiger charge is -2.40. The number of allylic oxidation sites excluding steroid dienone is 2. The van der Waals surface area contributed by atoms with E-state index in [1.54, 1.807) is 0 Å². The summed E-state index contributed by atoms with van der Waals surface area (Å²) in [6.45, 7) is 20.0. The lowest BCUT2D eigenvalue weighted by Crippen LogP contribution is -2.43. The third-order valence-electron chi connectivity index (χ3n) is 3.30. The highest BCUT2D eigenvalue weighted by molar-refractivity contribution is 6.70. The van der Waals surface area contributed by atoms with Gasteiger partial charge in [-0.25, -0.2) is 0 Å². The first-order chi connectivity index (χ1) is 8.80. The van der Waals surface area contributed by atoms with Gasteiger partial charge in [-0.3, -0.25) is 0 Å². The van der Waals surface area contributed by atoms with E-state index in [2.05, 4.69) is 72.2 Å². The van der Waals surface area contributed by atoms with Crippen LogP contribution in [0.5, 0.6) is 0 Å².